The fourth-order valence-corrected chi connectivity index (χ4v) is 3.03. The first-order chi connectivity index (χ1) is 8.11. The molecule has 1 heterocycles. The lowest BCUT2D eigenvalue weighted by atomic mass is 9.82. The van der Waals surface area contributed by atoms with E-state index in [2.05, 4.69) is 33.3 Å². The minimum absolute atomic E-state index is 0.0584. The van der Waals surface area contributed by atoms with E-state index in [9.17, 15) is 5.11 Å². The van der Waals surface area contributed by atoms with Gasteiger partial charge in [-0.3, -0.25) is 4.68 Å². The van der Waals surface area contributed by atoms with Gasteiger partial charge in [0.15, 0.2) is 0 Å². The van der Waals surface area contributed by atoms with Crippen LogP contribution < -0.4 is 5.32 Å². The summed E-state index contributed by atoms with van der Waals surface area (Å²) in [5.74, 6) is 0.641. The van der Waals surface area contributed by atoms with E-state index in [-0.39, 0.29) is 6.10 Å². The van der Waals surface area contributed by atoms with Gasteiger partial charge >= 0.3 is 0 Å². The van der Waals surface area contributed by atoms with Crippen LogP contribution in [0.25, 0.3) is 0 Å². The Hall–Kier alpha value is -0.390. The maximum Gasteiger partial charge on any atom is 0.0767 e. The lowest BCUT2D eigenvalue weighted by Crippen LogP contribution is -2.36. The Morgan fingerprint density at radius 2 is 2.24 bits per heavy atom. The Kier molecular flexibility index (Phi) is 4.22. The predicted molar refractivity (Wildman–Crippen MR) is 70.7 cm³/mol. The zero-order valence-electron chi connectivity index (χ0n) is 10.4. The van der Waals surface area contributed by atoms with Crippen molar-refractivity contribution >= 4 is 15.9 Å². The first-order valence-electron chi connectivity index (χ1n) is 6.20. The van der Waals surface area contributed by atoms with Crippen LogP contribution in [0.2, 0.25) is 0 Å². The second-order valence-electron chi connectivity index (χ2n) is 4.81. The molecule has 96 valence electrons. The van der Waals surface area contributed by atoms with Crippen molar-refractivity contribution in [3.63, 3.8) is 0 Å². The topological polar surface area (TPSA) is 50.1 Å². The lowest BCUT2D eigenvalue weighted by Gasteiger charge is -2.31. The Labute approximate surface area is 111 Å². The lowest BCUT2D eigenvalue weighted by molar-refractivity contribution is 0.0429. The third-order valence-electron chi connectivity index (χ3n) is 3.44. The second-order valence-corrected chi connectivity index (χ2v) is 5.60. The fourth-order valence-electron chi connectivity index (χ4n) is 2.27. The van der Waals surface area contributed by atoms with Gasteiger partial charge in [0.2, 0.25) is 0 Å². The molecule has 1 aliphatic carbocycles. The van der Waals surface area contributed by atoms with Crippen molar-refractivity contribution in [2.24, 2.45) is 13.0 Å². The van der Waals surface area contributed by atoms with E-state index in [0.29, 0.717) is 5.92 Å². The SMILES string of the molecule is CCc1nn(C)c(CNCC2CC(O)C2)c1Br. The Bertz CT molecular complexity index is 385. The Balaban J connectivity index is 1.84. The standard InChI is InChI=1S/C12H20BrN3O/c1-3-10-12(13)11(16(2)15-10)7-14-6-8-4-9(17)5-8/h8-9,14,17H,3-7H2,1-2H3. The van der Waals surface area contributed by atoms with Crippen molar-refractivity contribution in [2.45, 2.75) is 38.8 Å². The summed E-state index contributed by atoms with van der Waals surface area (Å²) in [6, 6.07) is 0. The van der Waals surface area contributed by atoms with Crippen LogP contribution in [0.15, 0.2) is 4.47 Å². The van der Waals surface area contributed by atoms with Gasteiger partial charge in [-0.2, -0.15) is 5.10 Å². The molecule has 1 aromatic heterocycles. The highest BCUT2D eigenvalue weighted by Crippen LogP contribution is 2.26. The van der Waals surface area contributed by atoms with Crippen LogP contribution in [-0.4, -0.2) is 27.5 Å². The number of aliphatic hydroxyl groups excluding tert-OH is 1. The first-order valence-corrected chi connectivity index (χ1v) is 7.00. The van der Waals surface area contributed by atoms with Crippen LogP contribution in [0.4, 0.5) is 0 Å². The summed E-state index contributed by atoms with van der Waals surface area (Å²) in [6.45, 7) is 3.92. The molecule has 0 saturated heterocycles. The maximum absolute atomic E-state index is 9.21. The van der Waals surface area contributed by atoms with E-state index < -0.39 is 0 Å². The van der Waals surface area contributed by atoms with Gasteiger partial charge in [-0.1, -0.05) is 6.92 Å². The summed E-state index contributed by atoms with van der Waals surface area (Å²) >= 11 is 3.61. The van der Waals surface area contributed by atoms with Gasteiger partial charge in [0, 0.05) is 13.6 Å². The van der Waals surface area contributed by atoms with Gasteiger partial charge in [-0.15, -0.1) is 0 Å². The van der Waals surface area contributed by atoms with Crippen molar-refractivity contribution in [3.05, 3.63) is 15.9 Å². The zero-order valence-corrected chi connectivity index (χ0v) is 12.0. The molecule has 5 heteroatoms. The quantitative estimate of drug-likeness (QED) is 0.869. The molecule has 4 nitrogen and oxygen atoms in total. The normalized spacial score (nSPS) is 23.8. The van der Waals surface area contributed by atoms with Gasteiger partial charge in [-0.05, 0) is 47.7 Å². The number of hydrogen-bond acceptors (Lipinski definition) is 3. The van der Waals surface area contributed by atoms with Gasteiger partial charge in [0.25, 0.3) is 0 Å². The molecule has 0 radical (unpaired) electrons. The number of nitrogens with one attached hydrogen (secondary N) is 1. The fraction of sp³-hybridized carbons (Fsp3) is 0.750. The molecular formula is C12H20BrN3O. The molecule has 1 aromatic rings. The number of rotatable bonds is 5. The van der Waals surface area contributed by atoms with E-state index in [1.807, 2.05) is 11.7 Å². The third-order valence-corrected chi connectivity index (χ3v) is 4.35. The van der Waals surface area contributed by atoms with Crippen LogP contribution in [0, 0.1) is 5.92 Å². The molecule has 2 rings (SSSR count). The summed E-state index contributed by atoms with van der Waals surface area (Å²) in [6.07, 6.45) is 2.78. The highest BCUT2D eigenvalue weighted by Gasteiger charge is 2.26. The number of nitrogens with zero attached hydrogens (tertiary/aromatic N) is 2. The van der Waals surface area contributed by atoms with E-state index in [1.165, 1.54) is 5.69 Å². The van der Waals surface area contributed by atoms with Gasteiger partial charge < -0.3 is 10.4 Å². The van der Waals surface area contributed by atoms with Crippen LogP contribution in [0.3, 0.4) is 0 Å². The molecule has 2 N–H and O–H groups in total. The number of halogens is 1. The molecule has 1 saturated carbocycles. The molecule has 17 heavy (non-hydrogen) atoms. The molecule has 0 spiro atoms. The number of aryl methyl sites for hydroxylation is 2. The van der Waals surface area contributed by atoms with E-state index in [4.69, 9.17) is 0 Å². The maximum atomic E-state index is 9.21. The first kappa shape index (κ1) is 13.1. The average Bonchev–Trinajstić information content (AvgIpc) is 2.53. The van der Waals surface area contributed by atoms with Gasteiger partial charge in [-0.25, -0.2) is 0 Å². The molecule has 1 fully saturated rings. The van der Waals surface area contributed by atoms with Crippen molar-refractivity contribution in [1.82, 2.24) is 15.1 Å². The van der Waals surface area contributed by atoms with Crippen molar-refractivity contribution < 1.29 is 5.11 Å². The Morgan fingerprint density at radius 3 is 2.76 bits per heavy atom. The van der Waals surface area contributed by atoms with E-state index in [0.717, 1.165) is 42.5 Å². The highest BCUT2D eigenvalue weighted by molar-refractivity contribution is 9.10. The van der Waals surface area contributed by atoms with Gasteiger partial charge in [0.05, 0.1) is 22.0 Å². The summed E-state index contributed by atoms with van der Waals surface area (Å²) in [4.78, 5) is 0. The van der Waals surface area contributed by atoms with Gasteiger partial charge in [0.1, 0.15) is 0 Å². The van der Waals surface area contributed by atoms with Crippen LogP contribution >= 0.6 is 15.9 Å². The van der Waals surface area contributed by atoms with Crippen molar-refractivity contribution in [1.29, 1.82) is 0 Å². The zero-order chi connectivity index (χ0) is 12.4. The summed E-state index contributed by atoms with van der Waals surface area (Å²) in [5.41, 5.74) is 2.31. The predicted octanol–water partition coefficient (Wildman–Crippen LogP) is 1.61. The van der Waals surface area contributed by atoms with Crippen molar-refractivity contribution in [3.8, 4) is 0 Å². The molecule has 0 aliphatic heterocycles. The third kappa shape index (κ3) is 2.89. The highest BCUT2D eigenvalue weighted by atomic mass is 79.9. The minimum atomic E-state index is -0.0584. The van der Waals surface area contributed by atoms with Crippen LogP contribution in [0.1, 0.15) is 31.2 Å². The largest absolute Gasteiger partial charge is 0.393 e. The Morgan fingerprint density at radius 1 is 1.53 bits per heavy atom. The smallest absolute Gasteiger partial charge is 0.0767 e. The molecule has 0 amide bonds. The van der Waals surface area contributed by atoms with Crippen LogP contribution in [-0.2, 0) is 20.0 Å². The van der Waals surface area contributed by atoms with Crippen molar-refractivity contribution in [2.75, 3.05) is 6.54 Å². The summed E-state index contributed by atoms with van der Waals surface area (Å²) in [7, 11) is 1.98. The molecule has 0 bridgehead atoms. The van der Waals surface area contributed by atoms with E-state index in [1.54, 1.807) is 0 Å². The summed E-state index contributed by atoms with van der Waals surface area (Å²) < 4.78 is 3.06. The molecule has 0 aromatic carbocycles. The summed E-state index contributed by atoms with van der Waals surface area (Å²) in [5, 5.41) is 17.1. The number of aromatic nitrogens is 2. The average molecular weight is 302 g/mol. The van der Waals surface area contributed by atoms with Crippen LogP contribution in [0.5, 0.6) is 0 Å². The van der Waals surface area contributed by atoms with E-state index >= 15 is 0 Å². The minimum Gasteiger partial charge on any atom is -0.393 e. The molecule has 0 atom stereocenters. The number of aliphatic hydroxyl groups is 1. The molecule has 1 aliphatic rings. The number of hydrogen-bond donors (Lipinski definition) is 2. The molecular weight excluding hydrogens is 282 g/mol. The molecule has 0 unspecified atom stereocenters. The second kappa shape index (κ2) is 5.50. The monoisotopic (exact) mass is 301 g/mol.